The first-order valence-electron chi connectivity index (χ1n) is 8.21. The number of amides is 1. The number of halogens is 1. The number of aliphatic imine (C=N–C) groups is 1. The second kappa shape index (κ2) is 6.39. The molecule has 0 N–H and O–H groups in total. The largest absolute Gasteiger partial charge is 0.488 e. The van der Waals surface area contributed by atoms with Gasteiger partial charge in [-0.15, -0.1) is 0 Å². The number of likely N-dealkylation sites (tertiary alicyclic amines) is 1. The van der Waals surface area contributed by atoms with Crippen LogP contribution in [-0.2, 0) is 11.3 Å². The zero-order chi connectivity index (χ0) is 17.5. The van der Waals surface area contributed by atoms with E-state index in [9.17, 15) is 4.79 Å². The lowest BCUT2D eigenvalue weighted by Crippen LogP contribution is -2.36. The molecule has 3 rings (SSSR count). The molecule has 0 saturated carbocycles. The summed E-state index contributed by atoms with van der Waals surface area (Å²) in [5, 5.41) is 0. The van der Waals surface area contributed by atoms with Gasteiger partial charge in [0.15, 0.2) is 0 Å². The van der Waals surface area contributed by atoms with Gasteiger partial charge in [-0.25, -0.2) is 4.79 Å². The van der Waals surface area contributed by atoms with Crippen molar-refractivity contribution in [1.29, 1.82) is 0 Å². The van der Waals surface area contributed by atoms with E-state index in [4.69, 9.17) is 9.47 Å². The lowest BCUT2D eigenvalue weighted by Gasteiger charge is -2.24. The number of nitrogens with zero attached hydrogens (tertiary/aromatic N) is 2. The van der Waals surface area contributed by atoms with Crippen molar-refractivity contribution in [2.75, 3.05) is 13.1 Å². The molecule has 0 spiro atoms. The Kier molecular flexibility index (Phi) is 4.60. The van der Waals surface area contributed by atoms with Crippen molar-refractivity contribution in [2.45, 2.75) is 52.4 Å². The van der Waals surface area contributed by atoms with Crippen molar-refractivity contribution < 1.29 is 14.3 Å². The van der Waals surface area contributed by atoms with Crippen LogP contribution in [0.1, 0.15) is 45.2 Å². The van der Waals surface area contributed by atoms with Crippen LogP contribution in [0, 0.1) is 0 Å². The highest BCUT2D eigenvalue weighted by atomic mass is 79.9. The minimum Gasteiger partial charge on any atom is -0.488 e. The summed E-state index contributed by atoms with van der Waals surface area (Å²) in [6, 6.07) is 4.07. The first-order valence-corrected chi connectivity index (χ1v) is 9.00. The Hall–Kier alpha value is -1.56. The van der Waals surface area contributed by atoms with Gasteiger partial charge in [-0.1, -0.05) is 15.9 Å². The Balaban J connectivity index is 1.69. The number of carbonyl (C=O) groups is 1. The molecule has 130 valence electrons. The fourth-order valence-electron chi connectivity index (χ4n) is 3.04. The summed E-state index contributed by atoms with van der Waals surface area (Å²) in [4.78, 5) is 18.4. The molecule has 1 amide bonds. The molecule has 2 aliphatic rings. The summed E-state index contributed by atoms with van der Waals surface area (Å²) in [5.41, 5.74) is 2.80. The maximum atomic E-state index is 12.2. The van der Waals surface area contributed by atoms with Gasteiger partial charge < -0.3 is 14.4 Å². The van der Waals surface area contributed by atoms with Crippen molar-refractivity contribution in [1.82, 2.24) is 4.90 Å². The summed E-state index contributed by atoms with van der Waals surface area (Å²) in [7, 11) is 0. The van der Waals surface area contributed by atoms with Gasteiger partial charge in [0.1, 0.15) is 17.5 Å². The van der Waals surface area contributed by atoms with E-state index in [2.05, 4.69) is 27.0 Å². The number of benzene rings is 1. The van der Waals surface area contributed by atoms with Crippen molar-refractivity contribution in [3.63, 3.8) is 0 Å². The predicted molar refractivity (Wildman–Crippen MR) is 96.9 cm³/mol. The van der Waals surface area contributed by atoms with E-state index in [1.165, 1.54) is 5.56 Å². The fraction of sp³-hybridized carbons (Fsp3) is 0.556. The van der Waals surface area contributed by atoms with Gasteiger partial charge in [-0.2, -0.15) is 0 Å². The summed E-state index contributed by atoms with van der Waals surface area (Å²) in [6.07, 6.45) is 0.506. The summed E-state index contributed by atoms with van der Waals surface area (Å²) in [5.74, 6) is 0.842. The highest BCUT2D eigenvalue weighted by molar-refractivity contribution is 9.10. The molecule has 6 heteroatoms. The maximum Gasteiger partial charge on any atom is 0.410 e. The van der Waals surface area contributed by atoms with Crippen LogP contribution in [0.5, 0.6) is 5.75 Å². The normalized spacial score (nSPS) is 20.0. The van der Waals surface area contributed by atoms with Gasteiger partial charge in [0, 0.05) is 28.7 Å². The van der Waals surface area contributed by atoms with Gasteiger partial charge in [0.25, 0.3) is 0 Å². The van der Waals surface area contributed by atoms with E-state index in [0.29, 0.717) is 19.6 Å². The minimum absolute atomic E-state index is 0.0238. The molecule has 2 aliphatic heterocycles. The molecule has 0 aromatic heterocycles. The SMILES string of the molecule is CC1=NCc2cc(Br)cc(O[C@H]3CCN(C(=O)OC(C)(C)C)C3)c21. The van der Waals surface area contributed by atoms with Gasteiger partial charge in [0.2, 0.25) is 0 Å². The van der Waals surface area contributed by atoms with Gasteiger partial charge in [-0.05, 0) is 45.4 Å². The maximum absolute atomic E-state index is 12.2. The molecule has 1 fully saturated rings. The van der Waals surface area contributed by atoms with Gasteiger partial charge in [0.05, 0.1) is 13.1 Å². The van der Waals surface area contributed by atoms with Crippen LogP contribution in [0.3, 0.4) is 0 Å². The number of ether oxygens (including phenoxy) is 2. The van der Waals surface area contributed by atoms with Gasteiger partial charge in [-0.3, -0.25) is 4.99 Å². The molecule has 24 heavy (non-hydrogen) atoms. The lowest BCUT2D eigenvalue weighted by molar-refractivity contribution is 0.0275. The molecule has 1 saturated heterocycles. The molecule has 0 aliphatic carbocycles. The fourth-order valence-corrected chi connectivity index (χ4v) is 3.53. The van der Waals surface area contributed by atoms with Crippen LogP contribution in [-0.4, -0.2) is 41.5 Å². The van der Waals surface area contributed by atoms with Crippen molar-refractivity contribution in [2.24, 2.45) is 4.99 Å². The number of fused-ring (bicyclic) bond motifs is 1. The Morgan fingerprint density at radius 3 is 2.83 bits per heavy atom. The zero-order valence-electron chi connectivity index (χ0n) is 14.6. The zero-order valence-corrected chi connectivity index (χ0v) is 16.1. The molecule has 1 aromatic rings. The van der Waals surface area contributed by atoms with Crippen LogP contribution in [0.2, 0.25) is 0 Å². The molecular formula is C18H23BrN2O3. The van der Waals surface area contributed by atoms with Crippen molar-refractivity contribution in [3.8, 4) is 5.75 Å². The monoisotopic (exact) mass is 394 g/mol. The number of hydrogen-bond acceptors (Lipinski definition) is 4. The van der Waals surface area contributed by atoms with E-state index in [0.717, 1.165) is 27.9 Å². The summed E-state index contributed by atoms with van der Waals surface area (Å²) < 4.78 is 12.6. The van der Waals surface area contributed by atoms with Crippen LogP contribution in [0.25, 0.3) is 0 Å². The molecule has 5 nitrogen and oxygen atoms in total. The van der Waals surface area contributed by atoms with E-state index < -0.39 is 5.60 Å². The molecular weight excluding hydrogens is 372 g/mol. The second-order valence-electron chi connectivity index (χ2n) is 7.29. The van der Waals surface area contributed by atoms with Crippen LogP contribution >= 0.6 is 15.9 Å². The third-order valence-corrected chi connectivity index (χ3v) is 4.55. The molecule has 0 unspecified atom stereocenters. The van der Waals surface area contributed by atoms with E-state index in [1.807, 2.05) is 33.8 Å². The summed E-state index contributed by atoms with van der Waals surface area (Å²) >= 11 is 3.54. The van der Waals surface area contributed by atoms with Gasteiger partial charge >= 0.3 is 6.09 Å². The van der Waals surface area contributed by atoms with Crippen molar-refractivity contribution >= 4 is 27.7 Å². The summed E-state index contributed by atoms with van der Waals surface area (Å²) in [6.45, 7) is 9.54. The highest BCUT2D eigenvalue weighted by Crippen LogP contribution is 2.34. The van der Waals surface area contributed by atoms with Crippen LogP contribution in [0.15, 0.2) is 21.6 Å². The van der Waals surface area contributed by atoms with Crippen LogP contribution in [0.4, 0.5) is 4.79 Å². The molecule has 0 radical (unpaired) electrons. The number of hydrogen-bond donors (Lipinski definition) is 0. The number of carbonyl (C=O) groups excluding carboxylic acids is 1. The topological polar surface area (TPSA) is 51.1 Å². The molecule has 1 atom stereocenters. The first-order chi connectivity index (χ1) is 11.2. The van der Waals surface area contributed by atoms with Crippen molar-refractivity contribution in [3.05, 3.63) is 27.7 Å². The van der Waals surface area contributed by atoms with E-state index >= 15 is 0 Å². The molecule has 1 aromatic carbocycles. The average molecular weight is 395 g/mol. The Labute approximate surface area is 151 Å². The molecule has 2 heterocycles. The Morgan fingerprint density at radius 1 is 1.38 bits per heavy atom. The highest BCUT2D eigenvalue weighted by Gasteiger charge is 2.32. The lowest BCUT2D eigenvalue weighted by atomic mass is 10.1. The predicted octanol–water partition coefficient (Wildman–Crippen LogP) is 4.16. The Morgan fingerprint density at radius 2 is 2.12 bits per heavy atom. The van der Waals surface area contributed by atoms with E-state index in [-0.39, 0.29) is 12.2 Å². The second-order valence-corrected chi connectivity index (χ2v) is 8.21. The van der Waals surface area contributed by atoms with Crippen LogP contribution < -0.4 is 4.74 Å². The Bertz CT molecular complexity index is 694. The third kappa shape index (κ3) is 3.74. The standard InChI is InChI=1S/C18H23BrN2O3/c1-11-16-12(9-20-11)7-13(19)8-15(16)23-14-5-6-21(10-14)17(22)24-18(2,3)4/h7-8,14H,5-6,9-10H2,1-4H3/t14-/m0/s1. The first kappa shape index (κ1) is 17.3. The number of rotatable bonds is 2. The molecule has 0 bridgehead atoms. The average Bonchev–Trinajstić information content (AvgIpc) is 3.04. The third-order valence-electron chi connectivity index (χ3n) is 4.09. The minimum atomic E-state index is -0.477. The smallest absolute Gasteiger partial charge is 0.410 e. The van der Waals surface area contributed by atoms with E-state index in [1.54, 1.807) is 4.90 Å². The quantitative estimate of drug-likeness (QED) is 0.756.